The van der Waals surface area contributed by atoms with E-state index in [1.807, 2.05) is 74.5 Å². The molecule has 2 aromatic carbocycles. The summed E-state index contributed by atoms with van der Waals surface area (Å²) in [6.45, 7) is 3.63. The zero-order chi connectivity index (χ0) is 17.9. The van der Waals surface area contributed by atoms with E-state index in [4.69, 9.17) is 4.74 Å². The van der Waals surface area contributed by atoms with Gasteiger partial charge in [0, 0.05) is 16.7 Å². The normalized spacial score (nSPS) is 11.2. The Kier molecular flexibility index (Phi) is 4.57. The molecule has 0 N–H and O–H groups in total. The number of hydrogen-bond donors (Lipinski definition) is 0. The van der Waals surface area contributed by atoms with Crippen LogP contribution in [0.15, 0.2) is 60.7 Å². The van der Waals surface area contributed by atoms with Crippen LogP contribution in [-0.2, 0) is 14.9 Å². The Hall–Kier alpha value is -3.08. The molecule has 0 aliphatic heterocycles. The summed E-state index contributed by atoms with van der Waals surface area (Å²) in [5, 5.41) is 12.4. The summed E-state index contributed by atoms with van der Waals surface area (Å²) < 4.78 is 5.04. The third kappa shape index (κ3) is 3.13. The monoisotopic (exact) mass is 333 g/mol. The van der Waals surface area contributed by atoms with Crippen LogP contribution in [0.25, 0.3) is 22.5 Å². The van der Waals surface area contributed by atoms with Crippen molar-refractivity contribution in [3.05, 3.63) is 66.2 Å². The molecule has 0 saturated heterocycles. The molecule has 126 valence electrons. The van der Waals surface area contributed by atoms with Crippen molar-refractivity contribution in [2.45, 2.75) is 19.3 Å². The second-order valence-electron chi connectivity index (χ2n) is 6.21. The number of aromatic nitrogens is 3. The van der Waals surface area contributed by atoms with Gasteiger partial charge in [0.1, 0.15) is 11.4 Å². The van der Waals surface area contributed by atoms with Crippen molar-refractivity contribution in [2.75, 3.05) is 7.11 Å². The summed E-state index contributed by atoms with van der Waals surface area (Å²) in [5.41, 5.74) is 2.78. The van der Waals surface area contributed by atoms with Gasteiger partial charge in [0.2, 0.25) is 0 Å². The minimum absolute atomic E-state index is 0.350. The van der Waals surface area contributed by atoms with Crippen molar-refractivity contribution in [3.63, 3.8) is 0 Å². The molecule has 3 aromatic rings. The number of rotatable bonds is 4. The van der Waals surface area contributed by atoms with Gasteiger partial charge in [-0.15, -0.1) is 10.2 Å². The molecular weight excluding hydrogens is 314 g/mol. The van der Waals surface area contributed by atoms with Crippen molar-refractivity contribution in [2.24, 2.45) is 0 Å². The minimum Gasteiger partial charge on any atom is -0.468 e. The minimum atomic E-state index is -0.936. The van der Waals surface area contributed by atoms with Gasteiger partial charge < -0.3 is 4.74 Å². The van der Waals surface area contributed by atoms with Crippen LogP contribution in [0.5, 0.6) is 0 Å². The topological polar surface area (TPSA) is 65.0 Å². The molecule has 0 atom stereocenters. The Bertz CT molecular complexity index is 820. The highest BCUT2D eigenvalue weighted by atomic mass is 16.5. The fraction of sp³-hybridized carbons (Fsp3) is 0.200. The van der Waals surface area contributed by atoms with Crippen LogP contribution in [0.4, 0.5) is 0 Å². The van der Waals surface area contributed by atoms with Crippen molar-refractivity contribution in [1.29, 1.82) is 0 Å². The van der Waals surface area contributed by atoms with E-state index in [0.717, 1.165) is 11.1 Å². The molecule has 1 aromatic heterocycles. The van der Waals surface area contributed by atoms with Gasteiger partial charge in [0.25, 0.3) is 0 Å². The van der Waals surface area contributed by atoms with E-state index < -0.39 is 5.41 Å². The van der Waals surface area contributed by atoms with Gasteiger partial charge in [0.15, 0.2) is 0 Å². The standard InChI is InChI=1S/C20H19N3O2/c1-20(2,19(24)25-3)16-17(14-10-6-4-7-11-14)21-23-22-18(16)15-12-8-5-9-13-15/h4-13H,1-3H3. The molecule has 0 bridgehead atoms. The summed E-state index contributed by atoms with van der Waals surface area (Å²) in [6, 6.07) is 19.3. The number of nitrogens with zero attached hydrogens (tertiary/aromatic N) is 3. The summed E-state index contributed by atoms with van der Waals surface area (Å²) in [5.74, 6) is -0.350. The van der Waals surface area contributed by atoms with Crippen LogP contribution in [0.3, 0.4) is 0 Å². The second kappa shape index (κ2) is 6.81. The molecule has 3 rings (SSSR count). The fourth-order valence-electron chi connectivity index (χ4n) is 2.87. The van der Waals surface area contributed by atoms with E-state index in [1.54, 1.807) is 0 Å². The Morgan fingerprint density at radius 3 is 1.68 bits per heavy atom. The quantitative estimate of drug-likeness (QED) is 0.682. The molecule has 0 saturated carbocycles. The average Bonchev–Trinajstić information content (AvgIpc) is 2.68. The third-order valence-corrected chi connectivity index (χ3v) is 4.18. The molecule has 0 aliphatic carbocycles. The largest absolute Gasteiger partial charge is 0.468 e. The van der Waals surface area contributed by atoms with E-state index >= 15 is 0 Å². The van der Waals surface area contributed by atoms with E-state index in [-0.39, 0.29) is 5.97 Å². The summed E-state index contributed by atoms with van der Waals surface area (Å²) in [6.07, 6.45) is 0. The lowest BCUT2D eigenvalue weighted by Gasteiger charge is -2.26. The Morgan fingerprint density at radius 2 is 1.28 bits per heavy atom. The van der Waals surface area contributed by atoms with Crippen molar-refractivity contribution >= 4 is 5.97 Å². The highest BCUT2D eigenvalue weighted by Crippen LogP contribution is 2.38. The van der Waals surface area contributed by atoms with Gasteiger partial charge in [0.05, 0.1) is 12.5 Å². The number of methoxy groups -OCH3 is 1. The van der Waals surface area contributed by atoms with E-state index in [9.17, 15) is 4.79 Å². The summed E-state index contributed by atoms with van der Waals surface area (Å²) >= 11 is 0. The number of carbonyl (C=O) groups excluding carboxylic acids is 1. The molecule has 0 unspecified atom stereocenters. The Morgan fingerprint density at radius 1 is 0.840 bits per heavy atom. The summed E-state index contributed by atoms with van der Waals surface area (Å²) in [4.78, 5) is 12.5. The summed E-state index contributed by atoms with van der Waals surface area (Å²) in [7, 11) is 1.39. The van der Waals surface area contributed by atoms with Crippen molar-refractivity contribution < 1.29 is 9.53 Å². The highest BCUT2D eigenvalue weighted by Gasteiger charge is 2.37. The maximum absolute atomic E-state index is 12.5. The molecule has 0 radical (unpaired) electrons. The van der Waals surface area contributed by atoms with Gasteiger partial charge >= 0.3 is 5.97 Å². The van der Waals surface area contributed by atoms with Crippen LogP contribution in [-0.4, -0.2) is 28.5 Å². The molecule has 0 fully saturated rings. The molecule has 5 heteroatoms. The lowest BCUT2D eigenvalue weighted by atomic mass is 9.80. The molecule has 0 aliphatic rings. The number of hydrogen-bond acceptors (Lipinski definition) is 5. The smallest absolute Gasteiger partial charge is 0.315 e. The SMILES string of the molecule is COC(=O)C(C)(C)c1c(-c2ccccc2)nnnc1-c1ccccc1. The van der Waals surface area contributed by atoms with Crippen LogP contribution < -0.4 is 0 Å². The van der Waals surface area contributed by atoms with Crippen LogP contribution in [0.2, 0.25) is 0 Å². The Labute approximate surface area is 146 Å². The first-order valence-electron chi connectivity index (χ1n) is 7.99. The number of carbonyl (C=O) groups is 1. The molecule has 0 spiro atoms. The number of ether oxygens (including phenoxy) is 1. The Balaban J connectivity index is 2.33. The zero-order valence-electron chi connectivity index (χ0n) is 14.4. The van der Waals surface area contributed by atoms with E-state index in [0.29, 0.717) is 17.0 Å². The molecule has 25 heavy (non-hydrogen) atoms. The van der Waals surface area contributed by atoms with Crippen molar-refractivity contribution in [1.82, 2.24) is 15.4 Å². The first kappa shape index (κ1) is 16.8. The van der Waals surface area contributed by atoms with Crippen LogP contribution >= 0.6 is 0 Å². The lowest BCUT2D eigenvalue weighted by Crippen LogP contribution is -2.32. The maximum atomic E-state index is 12.5. The van der Waals surface area contributed by atoms with Gasteiger partial charge in [-0.3, -0.25) is 4.79 Å². The number of benzene rings is 2. The van der Waals surface area contributed by atoms with Crippen molar-refractivity contribution in [3.8, 4) is 22.5 Å². The van der Waals surface area contributed by atoms with Crippen LogP contribution in [0, 0.1) is 0 Å². The van der Waals surface area contributed by atoms with Gasteiger partial charge in [-0.2, -0.15) is 0 Å². The number of esters is 1. The maximum Gasteiger partial charge on any atom is 0.315 e. The van der Waals surface area contributed by atoms with Gasteiger partial charge in [-0.25, -0.2) is 0 Å². The second-order valence-corrected chi connectivity index (χ2v) is 6.21. The van der Waals surface area contributed by atoms with Gasteiger partial charge in [-0.05, 0) is 19.1 Å². The highest BCUT2D eigenvalue weighted by molar-refractivity contribution is 5.89. The molecule has 1 heterocycles. The molecule has 0 amide bonds. The molecule has 5 nitrogen and oxygen atoms in total. The lowest BCUT2D eigenvalue weighted by molar-refractivity contribution is -0.146. The fourth-order valence-corrected chi connectivity index (χ4v) is 2.87. The predicted molar refractivity (Wildman–Crippen MR) is 95.7 cm³/mol. The first-order chi connectivity index (χ1) is 12.1. The molecular formula is C20H19N3O2. The zero-order valence-corrected chi connectivity index (χ0v) is 14.4. The van der Waals surface area contributed by atoms with E-state index in [1.165, 1.54) is 7.11 Å². The van der Waals surface area contributed by atoms with Crippen LogP contribution in [0.1, 0.15) is 19.4 Å². The predicted octanol–water partition coefficient (Wildman–Crippen LogP) is 3.66. The average molecular weight is 333 g/mol. The van der Waals surface area contributed by atoms with E-state index in [2.05, 4.69) is 15.4 Å². The third-order valence-electron chi connectivity index (χ3n) is 4.18. The first-order valence-corrected chi connectivity index (χ1v) is 7.99. The van der Waals surface area contributed by atoms with Gasteiger partial charge in [-0.1, -0.05) is 60.7 Å².